The van der Waals surface area contributed by atoms with Gasteiger partial charge in [0.15, 0.2) is 0 Å². The average molecular weight is 270 g/mol. The first kappa shape index (κ1) is 14.3. The fourth-order valence-electron chi connectivity index (χ4n) is 1.23. The van der Waals surface area contributed by atoms with Gasteiger partial charge in [-0.3, -0.25) is 10.1 Å². The van der Waals surface area contributed by atoms with Crippen LogP contribution in [-0.2, 0) is 6.42 Å². The Bertz CT molecular complexity index is 475. The summed E-state index contributed by atoms with van der Waals surface area (Å²) in [6, 6.07) is -1.79. The third-order valence-corrected chi connectivity index (χ3v) is 2.17. The number of halogens is 5. The molecule has 1 unspecified atom stereocenters. The molecule has 0 heterocycles. The lowest BCUT2D eigenvalue weighted by molar-refractivity contribution is -0.387. The fourth-order valence-corrected chi connectivity index (χ4v) is 1.23. The summed E-state index contributed by atoms with van der Waals surface area (Å²) in [5.41, 5.74) is 2.95. The van der Waals surface area contributed by atoms with E-state index >= 15 is 0 Å². The molecule has 0 aliphatic carbocycles. The zero-order chi connectivity index (χ0) is 14.1. The van der Waals surface area contributed by atoms with E-state index in [-0.39, 0.29) is 6.07 Å². The fraction of sp³-hybridized carbons (Fsp3) is 0.333. The van der Waals surface area contributed by atoms with Crippen LogP contribution >= 0.6 is 0 Å². The molecule has 2 N–H and O–H groups in total. The highest BCUT2D eigenvalue weighted by molar-refractivity contribution is 5.36. The van der Waals surface area contributed by atoms with E-state index in [1.165, 1.54) is 0 Å². The number of hydrogen-bond acceptors (Lipinski definition) is 3. The SMILES string of the molecule is NC(Cc1cc(F)c([N+](=O)[O-])cc1F)C(F)(F)F. The summed E-state index contributed by atoms with van der Waals surface area (Å²) in [5, 5.41) is 10.3. The van der Waals surface area contributed by atoms with Gasteiger partial charge in [-0.25, -0.2) is 4.39 Å². The topological polar surface area (TPSA) is 69.2 Å². The Hall–Kier alpha value is -1.77. The van der Waals surface area contributed by atoms with Crippen LogP contribution in [0.5, 0.6) is 0 Å². The van der Waals surface area contributed by atoms with Crippen molar-refractivity contribution in [1.29, 1.82) is 0 Å². The Morgan fingerprint density at radius 3 is 2.28 bits per heavy atom. The maximum atomic E-state index is 13.2. The van der Waals surface area contributed by atoms with Gasteiger partial charge in [-0.15, -0.1) is 0 Å². The van der Waals surface area contributed by atoms with Crippen LogP contribution in [0.15, 0.2) is 12.1 Å². The van der Waals surface area contributed by atoms with Gasteiger partial charge in [-0.1, -0.05) is 0 Å². The number of nitrogens with zero attached hydrogens (tertiary/aromatic N) is 1. The number of hydrogen-bond donors (Lipinski definition) is 1. The number of alkyl halides is 3. The van der Waals surface area contributed by atoms with Gasteiger partial charge >= 0.3 is 11.9 Å². The number of rotatable bonds is 3. The smallest absolute Gasteiger partial charge is 0.320 e. The highest BCUT2D eigenvalue weighted by atomic mass is 19.4. The molecule has 0 saturated heterocycles. The van der Waals surface area contributed by atoms with Crippen LogP contribution in [0.4, 0.5) is 27.6 Å². The van der Waals surface area contributed by atoms with Crippen LogP contribution in [0.2, 0.25) is 0 Å². The molecule has 18 heavy (non-hydrogen) atoms. The molecule has 1 aromatic rings. The quantitative estimate of drug-likeness (QED) is 0.520. The van der Waals surface area contributed by atoms with Gasteiger partial charge in [0.05, 0.1) is 11.0 Å². The van der Waals surface area contributed by atoms with Gasteiger partial charge in [0.1, 0.15) is 11.9 Å². The molecule has 0 aromatic heterocycles. The molecule has 0 amide bonds. The molecule has 0 aliphatic rings. The Kier molecular flexibility index (Phi) is 3.85. The van der Waals surface area contributed by atoms with E-state index in [0.29, 0.717) is 6.07 Å². The first-order chi connectivity index (χ1) is 8.12. The van der Waals surface area contributed by atoms with Gasteiger partial charge < -0.3 is 5.73 Å². The second-order valence-electron chi connectivity index (χ2n) is 3.50. The summed E-state index contributed by atoms with van der Waals surface area (Å²) in [6.07, 6.45) is -5.76. The summed E-state index contributed by atoms with van der Waals surface area (Å²) < 4.78 is 62.7. The summed E-state index contributed by atoms with van der Waals surface area (Å²) in [4.78, 5) is 9.09. The second kappa shape index (κ2) is 4.84. The minimum absolute atomic E-state index is 0.230. The molecule has 0 saturated carbocycles. The maximum Gasteiger partial charge on any atom is 0.403 e. The molecule has 100 valence electrons. The van der Waals surface area contributed by atoms with Gasteiger partial charge in [-0.2, -0.15) is 17.6 Å². The average Bonchev–Trinajstić information content (AvgIpc) is 2.21. The van der Waals surface area contributed by atoms with Crippen molar-refractivity contribution in [2.45, 2.75) is 18.6 Å². The van der Waals surface area contributed by atoms with E-state index in [1.807, 2.05) is 0 Å². The maximum absolute atomic E-state index is 13.2. The predicted molar refractivity (Wildman–Crippen MR) is 50.7 cm³/mol. The highest BCUT2D eigenvalue weighted by Gasteiger charge is 2.37. The second-order valence-corrected chi connectivity index (χ2v) is 3.50. The van der Waals surface area contributed by atoms with Crippen molar-refractivity contribution in [3.05, 3.63) is 39.4 Å². The molecular formula is C9H7F5N2O2. The summed E-state index contributed by atoms with van der Waals surface area (Å²) in [6.45, 7) is 0. The summed E-state index contributed by atoms with van der Waals surface area (Å²) in [7, 11) is 0. The lowest BCUT2D eigenvalue weighted by Crippen LogP contribution is -2.39. The van der Waals surface area contributed by atoms with Crippen LogP contribution in [0, 0.1) is 21.7 Å². The zero-order valence-corrected chi connectivity index (χ0v) is 8.67. The molecule has 1 atom stereocenters. The van der Waals surface area contributed by atoms with Crippen molar-refractivity contribution in [3.63, 3.8) is 0 Å². The van der Waals surface area contributed by atoms with Crippen molar-refractivity contribution in [3.8, 4) is 0 Å². The monoisotopic (exact) mass is 270 g/mol. The van der Waals surface area contributed by atoms with Gasteiger partial charge in [-0.05, 0) is 18.1 Å². The van der Waals surface area contributed by atoms with E-state index in [1.54, 1.807) is 0 Å². The van der Waals surface area contributed by atoms with Crippen molar-refractivity contribution in [1.82, 2.24) is 0 Å². The number of nitrogens with two attached hydrogens (primary N) is 1. The highest BCUT2D eigenvalue weighted by Crippen LogP contribution is 2.26. The van der Waals surface area contributed by atoms with Crippen LogP contribution in [0.25, 0.3) is 0 Å². The number of nitro groups is 1. The van der Waals surface area contributed by atoms with Crippen molar-refractivity contribution < 1.29 is 26.9 Å². The Morgan fingerprint density at radius 2 is 1.83 bits per heavy atom. The minimum atomic E-state index is -4.76. The first-order valence-electron chi connectivity index (χ1n) is 4.57. The molecule has 0 radical (unpaired) electrons. The van der Waals surface area contributed by atoms with E-state index in [9.17, 15) is 32.1 Å². The lowest BCUT2D eigenvalue weighted by Gasteiger charge is -2.15. The molecule has 0 aliphatic heterocycles. The Labute approximate surface area is 97.3 Å². The van der Waals surface area contributed by atoms with E-state index < -0.39 is 46.4 Å². The number of nitro benzene ring substituents is 1. The number of benzene rings is 1. The summed E-state index contributed by atoms with van der Waals surface area (Å²) >= 11 is 0. The molecule has 1 aromatic carbocycles. The van der Waals surface area contributed by atoms with Crippen LogP contribution in [0.1, 0.15) is 5.56 Å². The molecule has 0 fully saturated rings. The van der Waals surface area contributed by atoms with E-state index in [0.717, 1.165) is 0 Å². The van der Waals surface area contributed by atoms with Crippen LogP contribution in [-0.4, -0.2) is 17.1 Å². The third kappa shape index (κ3) is 3.13. The first-order valence-corrected chi connectivity index (χ1v) is 4.57. The van der Waals surface area contributed by atoms with E-state index in [2.05, 4.69) is 0 Å². The van der Waals surface area contributed by atoms with Crippen molar-refractivity contribution in [2.24, 2.45) is 5.73 Å². The predicted octanol–water partition coefficient (Wildman–Crippen LogP) is 2.31. The molecule has 9 heteroatoms. The molecule has 1 rings (SSSR count). The van der Waals surface area contributed by atoms with Gasteiger partial charge in [0, 0.05) is 0 Å². The largest absolute Gasteiger partial charge is 0.403 e. The Morgan fingerprint density at radius 1 is 1.28 bits per heavy atom. The van der Waals surface area contributed by atoms with Crippen LogP contribution < -0.4 is 5.73 Å². The van der Waals surface area contributed by atoms with Crippen molar-refractivity contribution >= 4 is 5.69 Å². The lowest BCUT2D eigenvalue weighted by atomic mass is 10.0. The van der Waals surface area contributed by atoms with Gasteiger partial charge in [0.25, 0.3) is 0 Å². The van der Waals surface area contributed by atoms with Crippen molar-refractivity contribution in [2.75, 3.05) is 0 Å². The summed E-state index contributed by atoms with van der Waals surface area (Å²) in [5.74, 6) is -2.71. The molecule has 4 nitrogen and oxygen atoms in total. The normalized spacial score (nSPS) is 13.4. The van der Waals surface area contributed by atoms with E-state index in [4.69, 9.17) is 5.73 Å². The third-order valence-electron chi connectivity index (χ3n) is 2.17. The van der Waals surface area contributed by atoms with Gasteiger partial charge in [0.2, 0.25) is 5.82 Å². The zero-order valence-electron chi connectivity index (χ0n) is 8.67. The Balaban J connectivity index is 3.06. The molecule has 0 spiro atoms. The van der Waals surface area contributed by atoms with Crippen LogP contribution in [0.3, 0.4) is 0 Å². The standard InChI is InChI=1S/C9H7F5N2O2/c10-5-3-7(16(17)18)6(11)1-4(5)2-8(15)9(12,13)14/h1,3,8H,2,15H2. The molecular weight excluding hydrogens is 263 g/mol. The molecule has 0 bridgehead atoms. The minimum Gasteiger partial charge on any atom is -0.320 e.